The van der Waals surface area contributed by atoms with Crippen molar-refractivity contribution in [3.05, 3.63) is 0 Å². The van der Waals surface area contributed by atoms with E-state index in [0.29, 0.717) is 0 Å². The van der Waals surface area contributed by atoms with Crippen molar-refractivity contribution in [1.29, 1.82) is 0 Å². The summed E-state index contributed by atoms with van der Waals surface area (Å²) in [6, 6.07) is 0. The summed E-state index contributed by atoms with van der Waals surface area (Å²) in [6.45, 7) is 0. The number of hydrogen-bond donors (Lipinski definition) is 0. The second-order valence-corrected chi connectivity index (χ2v) is 32.1. The van der Waals surface area contributed by atoms with E-state index in [1.54, 1.807) is 0 Å². The van der Waals surface area contributed by atoms with Gasteiger partial charge in [0.2, 0.25) is 0 Å². The van der Waals surface area contributed by atoms with Crippen molar-refractivity contribution < 1.29 is 27.0 Å². The molecule has 0 rings (SSSR count). The summed E-state index contributed by atoms with van der Waals surface area (Å²) in [4.78, 5) is 0. The van der Waals surface area contributed by atoms with Gasteiger partial charge in [0.05, 0.1) is 0 Å². The molecule has 0 bridgehead atoms. The maximum absolute atomic E-state index is 11.0. The van der Waals surface area contributed by atoms with Crippen molar-refractivity contribution in [2.45, 2.75) is 17.9 Å². The molecule has 0 heterocycles. The molecule has 0 radical (unpaired) electrons. The summed E-state index contributed by atoms with van der Waals surface area (Å²) >= 11 is -6.48. The molecule has 0 aromatic rings. The molecule has 0 atom stereocenters. The number of hydrogen-bond acceptors (Lipinski definition) is 3. The van der Waals surface area contributed by atoms with Crippen molar-refractivity contribution in [3.63, 3.8) is 0 Å². The third-order valence-corrected chi connectivity index (χ3v) is 34.5. The summed E-state index contributed by atoms with van der Waals surface area (Å²) in [6.07, 6.45) is 0. The first-order valence-electron chi connectivity index (χ1n) is 3.39. The molecule has 0 aliphatic carbocycles. The van der Waals surface area contributed by atoms with Gasteiger partial charge in [-0.3, -0.25) is 0 Å². The topological polar surface area (TPSA) is 35.5 Å². The first kappa shape index (κ1) is 12.4. The van der Waals surface area contributed by atoms with E-state index in [9.17, 15) is 2.81 Å². The Bertz CT molecular complexity index is 105. The predicted octanol–water partition coefficient (Wildman–Crippen LogP) is 1.32. The molecule has 0 saturated carbocycles. The Kier molecular flexibility index (Phi) is 8.60. The van der Waals surface area contributed by atoms with Crippen molar-refractivity contribution in [2.75, 3.05) is 0 Å². The van der Waals surface area contributed by atoms with Crippen LogP contribution in [0.3, 0.4) is 0 Å². The zero-order valence-corrected chi connectivity index (χ0v) is 18.3. The van der Waals surface area contributed by atoms with E-state index in [1.165, 1.54) is 0 Å². The van der Waals surface area contributed by atoms with E-state index in [0.717, 1.165) is 0 Å². The molecule has 10 heavy (non-hydrogen) atoms. The molecule has 0 aliphatic rings. The van der Waals surface area contributed by atoms with Gasteiger partial charge in [-0.15, -0.1) is 0 Å². The van der Waals surface area contributed by atoms with Crippen LogP contribution in [-0.2, 0) is 27.0 Å². The molecule has 0 saturated heterocycles. The van der Waals surface area contributed by atoms with Crippen molar-refractivity contribution in [1.82, 2.24) is 0 Å². The van der Waals surface area contributed by atoms with Gasteiger partial charge < -0.3 is 0 Å². The zero-order valence-electron chi connectivity index (χ0n) is 6.88. The Morgan fingerprint density at radius 1 is 1.00 bits per heavy atom. The minimum atomic E-state index is -2.88. The first-order chi connectivity index (χ1) is 4.52. The fraction of sp³-hybridized carbons (Fsp3) is 1.00. The van der Waals surface area contributed by atoms with Gasteiger partial charge in [0, 0.05) is 0 Å². The van der Waals surface area contributed by atoms with Crippen LogP contribution in [0.15, 0.2) is 0 Å². The minimum absolute atomic E-state index is 1.80. The summed E-state index contributed by atoms with van der Waals surface area (Å²) in [5.74, 6) is 0. The van der Waals surface area contributed by atoms with Crippen molar-refractivity contribution in [2.24, 2.45) is 0 Å². The van der Waals surface area contributed by atoms with Crippen LogP contribution in [0.25, 0.3) is 0 Å². The zero-order chi connectivity index (χ0) is 8.15. The normalized spacial score (nSPS) is 9.20. The molecule has 0 amide bonds. The molecule has 0 aromatic heterocycles. The quantitative estimate of drug-likeness (QED) is 0.453. The summed E-state index contributed by atoms with van der Waals surface area (Å²) in [5.41, 5.74) is 0. The molecule has 0 N–H and O–H groups in total. The van der Waals surface area contributed by atoms with E-state index in [2.05, 4.69) is 17.9 Å². The van der Waals surface area contributed by atoms with Gasteiger partial charge in [-0.25, -0.2) is 0 Å². The van der Waals surface area contributed by atoms with Crippen LogP contribution in [0.5, 0.6) is 0 Å². The standard InChI is InChI=1S/4CH3.3O.2Tl.Zr/h4*1H3;;;;;;. The van der Waals surface area contributed by atoms with Crippen molar-refractivity contribution in [3.8, 4) is 0 Å². The third-order valence-electron chi connectivity index (χ3n) is 0.664. The Hall–Kier alpha value is 2.45. The summed E-state index contributed by atoms with van der Waals surface area (Å²) < 4.78 is 29.9. The molecule has 0 aromatic carbocycles. The molecule has 56 valence electrons. The fourth-order valence-electron chi connectivity index (χ4n) is 0.413. The summed E-state index contributed by atoms with van der Waals surface area (Å²) in [7, 11) is 0. The SMILES string of the molecule is [CH3][Tl]([CH3])[O][Zr](=[O])[O][Tl]([CH3])[CH3]. The van der Waals surface area contributed by atoms with Gasteiger partial charge >= 0.3 is 91.2 Å². The molecular formula is C4H12O3Tl2Zr. The van der Waals surface area contributed by atoms with E-state index < -0.39 is 68.9 Å². The molecular weight excluding hydrogens is 596 g/mol. The van der Waals surface area contributed by atoms with Crippen LogP contribution in [0.2, 0.25) is 17.9 Å². The fourth-order valence-corrected chi connectivity index (χ4v) is 32.6. The maximum atomic E-state index is 11.0. The van der Waals surface area contributed by atoms with Gasteiger partial charge in [0.15, 0.2) is 0 Å². The second kappa shape index (κ2) is 6.91. The van der Waals surface area contributed by atoms with E-state index in [1.807, 2.05) is 0 Å². The molecule has 0 unspecified atom stereocenters. The Balaban J connectivity index is 3.44. The Morgan fingerprint density at radius 2 is 1.30 bits per heavy atom. The van der Waals surface area contributed by atoms with E-state index >= 15 is 0 Å². The third kappa shape index (κ3) is 8.54. The van der Waals surface area contributed by atoms with Gasteiger partial charge in [0.1, 0.15) is 0 Å². The van der Waals surface area contributed by atoms with E-state index in [-0.39, 0.29) is 0 Å². The number of rotatable bonds is 4. The predicted molar refractivity (Wildman–Crippen MR) is 37.8 cm³/mol. The van der Waals surface area contributed by atoms with Crippen LogP contribution in [0.1, 0.15) is 0 Å². The average Bonchev–Trinajstić information content (AvgIpc) is 1.58. The molecule has 6 heteroatoms. The molecule has 0 fully saturated rings. The summed E-state index contributed by atoms with van der Waals surface area (Å²) in [5, 5.41) is 0. The van der Waals surface area contributed by atoms with Gasteiger partial charge in [-0.1, -0.05) is 0 Å². The Labute approximate surface area is 89.4 Å². The first-order valence-corrected chi connectivity index (χ1v) is 28.0. The van der Waals surface area contributed by atoms with Gasteiger partial charge in [0.25, 0.3) is 0 Å². The Morgan fingerprint density at radius 3 is 1.50 bits per heavy atom. The monoisotopic (exact) mass is 608 g/mol. The van der Waals surface area contributed by atoms with E-state index in [4.69, 9.17) is 1.53 Å². The van der Waals surface area contributed by atoms with Gasteiger partial charge in [-0.05, 0) is 0 Å². The molecule has 0 spiro atoms. The average molecular weight is 608 g/mol. The van der Waals surface area contributed by atoms with Crippen LogP contribution in [0, 0.1) is 0 Å². The van der Waals surface area contributed by atoms with Crippen LogP contribution in [-0.4, -0.2) is 46.3 Å². The molecule has 3 nitrogen and oxygen atoms in total. The van der Waals surface area contributed by atoms with Crippen LogP contribution < -0.4 is 0 Å². The molecule has 0 aliphatic heterocycles. The second-order valence-electron chi connectivity index (χ2n) is 2.58. The van der Waals surface area contributed by atoms with Crippen LogP contribution in [0.4, 0.5) is 0 Å². The van der Waals surface area contributed by atoms with Crippen molar-refractivity contribution >= 4 is 46.3 Å². The van der Waals surface area contributed by atoms with Gasteiger partial charge in [-0.2, -0.15) is 0 Å². The van der Waals surface area contributed by atoms with Crippen LogP contribution >= 0.6 is 0 Å².